The molecular weight excluding hydrogens is 222 g/mol. The number of hydrogen-bond donors (Lipinski definition) is 1. The third kappa shape index (κ3) is 5.99. The van der Waals surface area contributed by atoms with Crippen molar-refractivity contribution in [2.45, 2.75) is 77.6 Å². The molecule has 1 saturated carbocycles. The van der Waals surface area contributed by atoms with Crippen LogP contribution >= 0.6 is 0 Å². The molecule has 1 fully saturated rings. The molecule has 18 heavy (non-hydrogen) atoms. The van der Waals surface area contributed by atoms with Crippen LogP contribution in [0.4, 0.5) is 0 Å². The molecule has 0 aromatic carbocycles. The van der Waals surface area contributed by atoms with Crippen LogP contribution in [0.15, 0.2) is 0 Å². The largest absolute Gasteiger partial charge is 0.330 e. The van der Waals surface area contributed by atoms with Crippen LogP contribution in [0.3, 0.4) is 0 Å². The maximum atomic E-state index is 12.1. The topological polar surface area (TPSA) is 43.1 Å². The zero-order chi connectivity index (χ0) is 13.2. The Balaban J connectivity index is 2.03. The van der Waals surface area contributed by atoms with Gasteiger partial charge in [0.05, 0.1) is 0 Å². The first-order valence-corrected chi connectivity index (χ1v) is 8.00. The second-order valence-corrected chi connectivity index (χ2v) is 5.94. The summed E-state index contributed by atoms with van der Waals surface area (Å²) in [5.41, 5.74) is 5.68. The standard InChI is InChI=1S/C16H31NO/c1-2-3-4-5-6-7-8-16(18)15-11-9-14(13-17)10-12-15/h14-15H,2-13,17H2,1H3. The highest BCUT2D eigenvalue weighted by atomic mass is 16.1. The molecule has 0 aromatic rings. The van der Waals surface area contributed by atoms with Gasteiger partial charge in [-0.25, -0.2) is 0 Å². The van der Waals surface area contributed by atoms with Gasteiger partial charge in [0.15, 0.2) is 0 Å². The first-order valence-electron chi connectivity index (χ1n) is 8.00. The van der Waals surface area contributed by atoms with Gasteiger partial charge in [0.2, 0.25) is 0 Å². The Bertz CT molecular complexity index is 219. The van der Waals surface area contributed by atoms with E-state index in [-0.39, 0.29) is 0 Å². The van der Waals surface area contributed by atoms with Crippen LogP contribution in [0.1, 0.15) is 77.6 Å². The van der Waals surface area contributed by atoms with Crippen LogP contribution in [-0.4, -0.2) is 12.3 Å². The van der Waals surface area contributed by atoms with Crippen LogP contribution in [0.25, 0.3) is 0 Å². The van der Waals surface area contributed by atoms with Crippen molar-refractivity contribution in [2.75, 3.05) is 6.54 Å². The van der Waals surface area contributed by atoms with Gasteiger partial charge in [-0.3, -0.25) is 4.79 Å². The summed E-state index contributed by atoms with van der Waals surface area (Å²) in [7, 11) is 0. The van der Waals surface area contributed by atoms with E-state index in [1.54, 1.807) is 0 Å². The first-order chi connectivity index (χ1) is 8.77. The van der Waals surface area contributed by atoms with E-state index in [0.717, 1.165) is 32.2 Å². The molecule has 2 N–H and O–H groups in total. The number of ketones is 1. The summed E-state index contributed by atoms with van der Waals surface area (Å²) in [6.07, 6.45) is 13.0. The average molecular weight is 253 g/mol. The van der Waals surface area contributed by atoms with Gasteiger partial charge in [0, 0.05) is 12.3 Å². The Morgan fingerprint density at radius 1 is 1.00 bits per heavy atom. The van der Waals surface area contributed by atoms with Crippen molar-refractivity contribution in [3.05, 3.63) is 0 Å². The van der Waals surface area contributed by atoms with Crippen LogP contribution in [0.5, 0.6) is 0 Å². The minimum absolute atomic E-state index is 0.364. The normalized spacial score (nSPS) is 24.1. The molecule has 0 amide bonds. The van der Waals surface area contributed by atoms with Crippen molar-refractivity contribution >= 4 is 5.78 Å². The maximum Gasteiger partial charge on any atom is 0.135 e. The summed E-state index contributed by atoms with van der Waals surface area (Å²) in [6, 6.07) is 0. The second-order valence-electron chi connectivity index (χ2n) is 5.94. The molecule has 0 aromatic heterocycles. The van der Waals surface area contributed by atoms with E-state index < -0.39 is 0 Å². The highest BCUT2D eigenvalue weighted by Gasteiger charge is 2.24. The van der Waals surface area contributed by atoms with Gasteiger partial charge in [-0.15, -0.1) is 0 Å². The Morgan fingerprint density at radius 2 is 1.61 bits per heavy atom. The van der Waals surface area contributed by atoms with Gasteiger partial charge < -0.3 is 5.73 Å². The molecule has 0 bridgehead atoms. The third-order valence-corrected chi connectivity index (χ3v) is 4.41. The number of carbonyl (C=O) groups excluding carboxylic acids is 1. The predicted molar refractivity (Wildman–Crippen MR) is 77.5 cm³/mol. The summed E-state index contributed by atoms with van der Waals surface area (Å²) >= 11 is 0. The molecule has 0 aliphatic heterocycles. The monoisotopic (exact) mass is 253 g/mol. The number of nitrogens with two attached hydrogens (primary N) is 1. The number of hydrogen-bond acceptors (Lipinski definition) is 2. The van der Waals surface area contributed by atoms with Crippen LogP contribution in [0.2, 0.25) is 0 Å². The highest BCUT2D eigenvalue weighted by molar-refractivity contribution is 5.81. The fourth-order valence-electron chi connectivity index (χ4n) is 3.00. The van der Waals surface area contributed by atoms with Gasteiger partial charge >= 0.3 is 0 Å². The summed E-state index contributed by atoms with van der Waals surface area (Å²) < 4.78 is 0. The van der Waals surface area contributed by atoms with E-state index in [0.29, 0.717) is 17.6 Å². The van der Waals surface area contributed by atoms with Crippen molar-refractivity contribution < 1.29 is 4.79 Å². The molecule has 1 aliphatic rings. The van der Waals surface area contributed by atoms with E-state index in [1.165, 1.54) is 44.9 Å². The SMILES string of the molecule is CCCCCCCCC(=O)C1CCC(CN)CC1. The molecule has 0 saturated heterocycles. The Labute approximate surface area is 113 Å². The zero-order valence-electron chi connectivity index (χ0n) is 12.1. The lowest BCUT2D eigenvalue weighted by Gasteiger charge is -2.26. The smallest absolute Gasteiger partial charge is 0.135 e. The fourth-order valence-corrected chi connectivity index (χ4v) is 3.00. The fraction of sp³-hybridized carbons (Fsp3) is 0.938. The molecular formula is C16H31NO. The Hall–Kier alpha value is -0.370. The molecule has 0 spiro atoms. The Kier molecular flexibility index (Phi) is 8.32. The summed E-state index contributed by atoms with van der Waals surface area (Å²) in [5.74, 6) is 1.58. The molecule has 2 heteroatoms. The summed E-state index contributed by atoms with van der Waals surface area (Å²) in [5, 5.41) is 0. The van der Waals surface area contributed by atoms with Gasteiger partial charge in [-0.2, -0.15) is 0 Å². The molecule has 0 radical (unpaired) electrons. The zero-order valence-corrected chi connectivity index (χ0v) is 12.1. The van der Waals surface area contributed by atoms with Crippen molar-refractivity contribution in [1.82, 2.24) is 0 Å². The van der Waals surface area contributed by atoms with E-state index in [2.05, 4.69) is 6.92 Å². The summed E-state index contributed by atoms with van der Waals surface area (Å²) in [4.78, 5) is 12.1. The minimum Gasteiger partial charge on any atom is -0.330 e. The molecule has 0 unspecified atom stereocenters. The van der Waals surface area contributed by atoms with Crippen LogP contribution in [-0.2, 0) is 4.79 Å². The number of rotatable bonds is 9. The van der Waals surface area contributed by atoms with Crippen LogP contribution < -0.4 is 5.73 Å². The molecule has 106 valence electrons. The van der Waals surface area contributed by atoms with E-state index >= 15 is 0 Å². The number of Topliss-reactive ketones (excluding diaryl/α,β-unsaturated/α-hetero) is 1. The first kappa shape index (κ1) is 15.7. The van der Waals surface area contributed by atoms with Crippen molar-refractivity contribution in [3.63, 3.8) is 0 Å². The predicted octanol–water partition coefficient (Wildman–Crippen LogP) is 4.07. The molecule has 0 heterocycles. The van der Waals surface area contributed by atoms with Gasteiger partial charge in [-0.05, 0) is 44.6 Å². The molecule has 0 atom stereocenters. The number of carbonyl (C=O) groups is 1. The van der Waals surface area contributed by atoms with E-state index in [9.17, 15) is 4.79 Å². The molecule has 2 nitrogen and oxygen atoms in total. The highest BCUT2D eigenvalue weighted by Crippen LogP contribution is 2.29. The molecule has 1 aliphatic carbocycles. The quantitative estimate of drug-likeness (QED) is 0.629. The van der Waals surface area contributed by atoms with Crippen molar-refractivity contribution in [2.24, 2.45) is 17.6 Å². The van der Waals surface area contributed by atoms with Gasteiger partial charge in [0.1, 0.15) is 5.78 Å². The third-order valence-electron chi connectivity index (χ3n) is 4.41. The summed E-state index contributed by atoms with van der Waals surface area (Å²) in [6.45, 7) is 3.04. The van der Waals surface area contributed by atoms with Crippen LogP contribution in [0, 0.1) is 11.8 Å². The van der Waals surface area contributed by atoms with Crippen molar-refractivity contribution in [1.29, 1.82) is 0 Å². The lowest BCUT2D eigenvalue weighted by atomic mass is 9.79. The van der Waals surface area contributed by atoms with Crippen molar-refractivity contribution in [3.8, 4) is 0 Å². The average Bonchev–Trinajstić information content (AvgIpc) is 2.42. The van der Waals surface area contributed by atoms with E-state index in [1.807, 2.05) is 0 Å². The molecule has 1 rings (SSSR count). The lowest BCUT2D eigenvalue weighted by molar-refractivity contribution is -0.124. The van der Waals surface area contributed by atoms with Gasteiger partial charge in [-0.1, -0.05) is 39.0 Å². The maximum absolute atomic E-state index is 12.1. The Morgan fingerprint density at radius 3 is 2.22 bits per heavy atom. The second kappa shape index (κ2) is 9.55. The van der Waals surface area contributed by atoms with E-state index in [4.69, 9.17) is 5.73 Å². The number of unbranched alkanes of at least 4 members (excludes halogenated alkanes) is 5. The van der Waals surface area contributed by atoms with Gasteiger partial charge in [0.25, 0.3) is 0 Å². The lowest BCUT2D eigenvalue weighted by Crippen LogP contribution is -2.25. The minimum atomic E-state index is 0.364.